The summed E-state index contributed by atoms with van der Waals surface area (Å²) >= 11 is 0. The Hall–Kier alpha value is -0.120. The van der Waals surface area contributed by atoms with Crippen molar-refractivity contribution in [1.82, 2.24) is 5.32 Å². The maximum atomic E-state index is 9.02. The van der Waals surface area contributed by atoms with Gasteiger partial charge in [0.25, 0.3) is 0 Å². The van der Waals surface area contributed by atoms with Crippen LogP contribution in [-0.4, -0.2) is 37.5 Å². The lowest BCUT2D eigenvalue weighted by Crippen LogP contribution is -2.22. The molecule has 0 fully saturated rings. The Morgan fingerprint density at radius 1 is 1.07 bits per heavy atom. The molecule has 0 aliphatic rings. The van der Waals surface area contributed by atoms with Crippen LogP contribution in [0.25, 0.3) is 0 Å². The van der Waals surface area contributed by atoms with Gasteiger partial charge in [-0.05, 0) is 38.6 Å². The molecule has 0 saturated heterocycles. The summed E-state index contributed by atoms with van der Waals surface area (Å²) in [4.78, 5) is 0. The molecule has 0 aromatic carbocycles. The normalized spacial score (nSPS) is 13.4. The van der Waals surface area contributed by atoms with Gasteiger partial charge in [-0.3, -0.25) is 0 Å². The van der Waals surface area contributed by atoms with E-state index in [1.807, 2.05) is 6.92 Å². The number of aliphatic hydroxyl groups excluding tert-OH is 1. The lowest BCUT2D eigenvalue weighted by molar-refractivity contribution is 0.125. The van der Waals surface area contributed by atoms with Crippen molar-refractivity contribution in [2.45, 2.75) is 46.1 Å². The van der Waals surface area contributed by atoms with E-state index in [0.29, 0.717) is 0 Å². The lowest BCUT2D eigenvalue weighted by Gasteiger charge is -2.08. The van der Waals surface area contributed by atoms with Gasteiger partial charge >= 0.3 is 0 Å². The first-order valence-corrected chi connectivity index (χ1v) is 6.09. The van der Waals surface area contributed by atoms with Crippen molar-refractivity contribution >= 4 is 0 Å². The highest BCUT2D eigenvalue weighted by Crippen LogP contribution is 1.98. The molecule has 1 unspecified atom stereocenters. The van der Waals surface area contributed by atoms with Gasteiger partial charge in [0, 0.05) is 13.2 Å². The number of hydrogen-bond acceptors (Lipinski definition) is 3. The molecule has 0 radical (unpaired) electrons. The highest BCUT2D eigenvalue weighted by Gasteiger charge is 1.95. The average molecular weight is 217 g/mol. The fourth-order valence-corrected chi connectivity index (χ4v) is 1.21. The molecule has 0 rings (SSSR count). The Kier molecular flexibility index (Phi) is 10.3. The van der Waals surface area contributed by atoms with Gasteiger partial charge in [-0.15, -0.1) is 0 Å². The first-order valence-electron chi connectivity index (χ1n) is 6.09. The predicted molar refractivity (Wildman–Crippen MR) is 64.1 cm³/mol. The number of aliphatic hydroxyl groups is 1. The largest absolute Gasteiger partial charge is 0.393 e. The first kappa shape index (κ1) is 14.9. The third kappa shape index (κ3) is 13.9. The summed E-state index contributed by atoms with van der Waals surface area (Å²) in [7, 11) is 0. The molecule has 2 N–H and O–H groups in total. The van der Waals surface area contributed by atoms with E-state index in [0.717, 1.165) is 51.5 Å². The van der Waals surface area contributed by atoms with Gasteiger partial charge in [-0.25, -0.2) is 0 Å². The SMILES string of the molecule is CC(C)CCOCCNCCCC(C)O. The van der Waals surface area contributed by atoms with Crippen molar-refractivity contribution in [1.29, 1.82) is 0 Å². The minimum Gasteiger partial charge on any atom is -0.393 e. The molecule has 0 amide bonds. The molecule has 3 heteroatoms. The van der Waals surface area contributed by atoms with Crippen LogP contribution in [0.15, 0.2) is 0 Å². The summed E-state index contributed by atoms with van der Waals surface area (Å²) < 4.78 is 5.46. The third-order valence-corrected chi connectivity index (χ3v) is 2.24. The summed E-state index contributed by atoms with van der Waals surface area (Å²) in [6, 6.07) is 0. The van der Waals surface area contributed by atoms with Gasteiger partial charge in [0.2, 0.25) is 0 Å². The van der Waals surface area contributed by atoms with Gasteiger partial charge in [-0.1, -0.05) is 13.8 Å². The van der Waals surface area contributed by atoms with Crippen molar-refractivity contribution in [3.8, 4) is 0 Å². The molecule has 0 aliphatic carbocycles. The van der Waals surface area contributed by atoms with Crippen molar-refractivity contribution in [2.75, 3.05) is 26.3 Å². The van der Waals surface area contributed by atoms with Crippen LogP contribution in [0.1, 0.15) is 40.0 Å². The Balaban J connectivity index is 2.93. The molecule has 0 spiro atoms. The van der Waals surface area contributed by atoms with Crippen molar-refractivity contribution in [3.05, 3.63) is 0 Å². The van der Waals surface area contributed by atoms with Crippen LogP contribution in [0, 0.1) is 5.92 Å². The van der Waals surface area contributed by atoms with Crippen LogP contribution in [0.2, 0.25) is 0 Å². The zero-order chi connectivity index (χ0) is 11.5. The molecule has 92 valence electrons. The number of rotatable bonds is 10. The molecule has 3 nitrogen and oxygen atoms in total. The molecule has 0 aromatic heterocycles. The Morgan fingerprint density at radius 2 is 1.80 bits per heavy atom. The smallest absolute Gasteiger partial charge is 0.0590 e. The summed E-state index contributed by atoms with van der Waals surface area (Å²) in [6.45, 7) is 9.79. The standard InChI is InChI=1S/C12H27NO2/c1-11(2)6-9-15-10-8-13-7-4-5-12(3)14/h11-14H,4-10H2,1-3H3. The van der Waals surface area contributed by atoms with Crippen LogP contribution in [0.3, 0.4) is 0 Å². The van der Waals surface area contributed by atoms with E-state index in [1.165, 1.54) is 0 Å². The third-order valence-electron chi connectivity index (χ3n) is 2.24. The fraction of sp³-hybridized carbons (Fsp3) is 1.00. The topological polar surface area (TPSA) is 41.5 Å². The molecule has 1 atom stereocenters. The number of nitrogens with one attached hydrogen (secondary N) is 1. The van der Waals surface area contributed by atoms with Crippen LogP contribution < -0.4 is 5.32 Å². The van der Waals surface area contributed by atoms with E-state index >= 15 is 0 Å². The quantitative estimate of drug-likeness (QED) is 0.548. The van der Waals surface area contributed by atoms with E-state index in [2.05, 4.69) is 19.2 Å². The maximum absolute atomic E-state index is 9.02. The van der Waals surface area contributed by atoms with Crippen molar-refractivity contribution < 1.29 is 9.84 Å². The second-order valence-electron chi connectivity index (χ2n) is 4.54. The minimum atomic E-state index is -0.172. The highest BCUT2D eigenvalue weighted by molar-refractivity contribution is 4.51. The fourth-order valence-electron chi connectivity index (χ4n) is 1.21. The van der Waals surface area contributed by atoms with Crippen LogP contribution in [0.5, 0.6) is 0 Å². The molecule has 0 aliphatic heterocycles. The lowest BCUT2D eigenvalue weighted by atomic mass is 10.1. The zero-order valence-corrected chi connectivity index (χ0v) is 10.5. The van der Waals surface area contributed by atoms with E-state index < -0.39 is 0 Å². The Bertz CT molecular complexity index is 113. The summed E-state index contributed by atoms with van der Waals surface area (Å²) in [6.07, 6.45) is 2.88. The van der Waals surface area contributed by atoms with E-state index in [9.17, 15) is 0 Å². The molecule has 15 heavy (non-hydrogen) atoms. The van der Waals surface area contributed by atoms with Crippen LogP contribution in [-0.2, 0) is 4.74 Å². The molecular weight excluding hydrogens is 190 g/mol. The summed E-state index contributed by atoms with van der Waals surface area (Å²) in [5, 5.41) is 12.3. The summed E-state index contributed by atoms with van der Waals surface area (Å²) in [5.41, 5.74) is 0. The highest BCUT2D eigenvalue weighted by atomic mass is 16.5. The van der Waals surface area contributed by atoms with Gasteiger partial charge < -0.3 is 15.2 Å². The molecule has 0 aromatic rings. The monoisotopic (exact) mass is 217 g/mol. The van der Waals surface area contributed by atoms with Crippen LogP contribution >= 0.6 is 0 Å². The van der Waals surface area contributed by atoms with E-state index in [-0.39, 0.29) is 6.10 Å². The number of hydrogen-bond donors (Lipinski definition) is 2. The molecule has 0 bridgehead atoms. The van der Waals surface area contributed by atoms with Crippen molar-refractivity contribution in [3.63, 3.8) is 0 Å². The Labute approximate surface area is 94.2 Å². The summed E-state index contributed by atoms with van der Waals surface area (Å²) in [5.74, 6) is 0.726. The van der Waals surface area contributed by atoms with Crippen LogP contribution in [0.4, 0.5) is 0 Å². The number of ether oxygens (including phenoxy) is 1. The predicted octanol–water partition coefficient (Wildman–Crippen LogP) is 1.80. The first-order chi connectivity index (χ1) is 7.13. The van der Waals surface area contributed by atoms with E-state index in [1.54, 1.807) is 0 Å². The van der Waals surface area contributed by atoms with Gasteiger partial charge in [0.05, 0.1) is 12.7 Å². The van der Waals surface area contributed by atoms with Gasteiger partial charge in [0.1, 0.15) is 0 Å². The van der Waals surface area contributed by atoms with Gasteiger partial charge in [0.15, 0.2) is 0 Å². The average Bonchev–Trinajstić information content (AvgIpc) is 2.14. The van der Waals surface area contributed by atoms with E-state index in [4.69, 9.17) is 9.84 Å². The zero-order valence-electron chi connectivity index (χ0n) is 10.5. The molecule has 0 saturated carbocycles. The van der Waals surface area contributed by atoms with Crippen molar-refractivity contribution in [2.24, 2.45) is 5.92 Å². The maximum Gasteiger partial charge on any atom is 0.0590 e. The minimum absolute atomic E-state index is 0.172. The molecule has 0 heterocycles. The van der Waals surface area contributed by atoms with Gasteiger partial charge in [-0.2, -0.15) is 0 Å². The molecular formula is C12H27NO2. The second kappa shape index (κ2) is 10.4. The second-order valence-corrected chi connectivity index (χ2v) is 4.54. The Morgan fingerprint density at radius 3 is 2.40 bits per heavy atom.